The minimum Gasteiger partial charge on any atom is -0.354 e. The molecular formula is C17H25N5. The summed E-state index contributed by atoms with van der Waals surface area (Å²) < 4.78 is 1.85. The maximum Gasteiger partial charge on any atom is 0.191 e. The second-order valence-corrected chi connectivity index (χ2v) is 5.72. The van der Waals surface area contributed by atoms with E-state index in [1.54, 1.807) is 13.2 Å². The van der Waals surface area contributed by atoms with E-state index in [0.717, 1.165) is 18.2 Å². The Bertz CT molecular complexity index is 584. The first-order valence-electron chi connectivity index (χ1n) is 7.66. The lowest BCUT2D eigenvalue weighted by Gasteiger charge is -2.20. The average Bonchev–Trinajstić information content (AvgIpc) is 3.06. The Balaban J connectivity index is 1.91. The summed E-state index contributed by atoms with van der Waals surface area (Å²) in [4.78, 5) is 4.26. The van der Waals surface area contributed by atoms with Crippen LogP contribution in [0, 0.1) is 5.92 Å². The first-order chi connectivity index (χ1) is 10.6. The molecule has 0 aliphatic rings. The van der Waals surface area contributed by atoms with Gasteiger partial charge in [-0.3, -0.25) is 4.99 Å². The van der Waals surface area contributed by atoms with Crippen molar-refractivity contribution in [2.45, 2.75) is 33.4 Å². The van der Waals surface area contributed by atoms with Crippen molar-refractivity contribution in [2.75, 3.05) is 7.05 Å². The van der Waals surface area contributed by atoms with Crippen molar-refractivity contribution in [3.05, 3.63) is 48.3 Å². The molecule has 1 aromatic heterocycles. The van der Waals surface area contributed by atoms with Crippen LogP contribution in [-0.4, -0.2) is 28.8 Å². The highest BCUT2D eigenvalue weighted by Crippen LogP contribution is 2.08. The third kappa shape index (κ3) is 4.35. The van der Waals surface area contributed by atoms with Gasteiger partial charge in [-0.05, 0) is 36.6 Å². The zero-order valence-electron chi connectivity index (χ0n) is 13.7. The number of benzene rings is 1. The number of nitrogens with one attached hydrogen (secondary N) is 2. The van der Waals surface area contributed by atoms with Gasteiger partial charge in [0.15, 0.2) is 5.96 Å². The van der Waals surface area contributed by atoms with Crippen LogP contribution in [0.4, 0.5) is 0 Å². The summed E-state index contributed by atoms with van der Waals surface area (Å²) in [5.41, 5.74) is 2.26. The second kappa shape index (κ2) is 7.64. The Morgan fingerprint density at radius 2 is 1.95 bits per heavy atom. The van der Waals surface area contributed by atoms with E-state index in [1.165, 1.54) is 5.56 Å². The summed E-state index contributed by atoms with van der Waals surface area (Å²) in [6.07, 6.45) is 3.72. The fourth-order valence-electron chi connectivity index (χ4n) is 1.95. The van der Waals surface area contributed by atoms with Crippen molar-refractivity contribution >= 4 is 5.96 Å². The number of aromatic nitrogens is 2. The van der Waals surface area contributed by atoms with Crippen LogP contribution in [0.1, 0.15) is 26.3 Å². The van der Waals surface area contributed by atoms with Gasteiger partial charge in [0.25, 0.3) is 0 Å². The van der Waals surface area contributed by atoms with Crippen molar-refractivity contribution in [3.63, 3.8) is 0 Å². The number of guanidine groups is 1. The third-order valence-corrected chi connectivity index (χ3v) is 3.75. The van der Waals surface area contributed by atoms with Gasteiger partial charge in [0, 0.05) is 32.0 Å². The molecule has 1 atom stereocenters. The molecule has 1 unspecified atom stereocenters. The fraction of sp³-hybridized carbons (Fsp3) is 0.412. The standard InChI is InChI=1S/C17H25N5/c1-13(2)14(3)21-17(18-4)19-12-15-6-8-16(9-7-15)22-11-5-10-20-22/h5-11,13-14H,12H2,1-4H3,(H2,18,19,21). The number of nitrogens with zero attached hydrogens (tertiary/aromatic N) is 3. The van der Waals surface area contributed by atoms with Crippen LogP contribution in [0.5, 0.6) is 0 Å². The van der Waals surface area contributed by atoms with Crippen LogP contribution in [0.25, 0.3) is 5.69 Å². The molecule has 0 amide bonds. The summed E-state index contributed by atoms with van der Waals surface area (Å²) in [5, 5.41) is 11.0. The molecule has 0 aliphatic carbocycles. The zero-order chi connectivity index (χ0) is 15.9. The normalized spacial score (nSPS) is 13.2. The molecule has 2 N–H and O–H groups in total. The lowest BCUT2D eigenvalue weighted by Crippen LogP contribution is -2.43. The molecule has 2 aromatic rings. The lowest BCUT2D eigenvalue weighted by atomic mass is 10.1. The molecule has 118 valence electrons. The van der Waals surface area contributed by atoms with Gasteiger partial charge in [0.1, 0.15) is 0 Å². The van der Waals surface area contributed by atoms with Gasteiger partial charge in [-0.2, -0.15) is 5.10 Å². The Labute approximate surface area is 132 Å². The molecule has 5 heteroatoms. The number of aliphatic imine (C=N–C) groups is 1. The van der Waals surface area contributed by atoms with Gasteiger partial charge in [-0.25, -0.2) is 4.68 Å². The van der Waals surface area contributed by atoms with Gasteiger partial charge < -0.3 is 10.6 Å². The predicted molar refractivity (Wildman–Crippen MR) is 91.2 cm³/mol. The number of hydrogen-bond acceptors (Lipinski definition) is 2. The van der Waals surface area contributed by atoms with Crippen molar-refractivity contribution in [1.82, 2.24) is 20.4 Å². The lowest BCUT2D eigenvalue weighted by molar-refractivity contribution is 0.481. The Hall–Kier alpha value is -2.30. The van der Waals surface area contributed by atoms with E-state index in [-0.39, 0.29) is 0 Å². The zero-order valence-corrected chi connectivity index (χ0v) is 13.7. The average molecular weight is 299 g/mol. The Kier molecular flexibility index (Phi) is 5.58. The van der Waals surface area contributed by atoms with E-state index in [9.17, 15) is 0 Å². The van der Waals surface area contributed by atoms with Gasteiger partial charge in [-0.1, -0.05) is 26.0 Å². The molecule has 0 spiro atoms. The van der Waals surface area contributed by atoms with E-state index < -0.39 is 0 Å². The van der Waals surface area contributed by atoms with Crippen LogP contribution in [0.3, 0.4) is 0 Å². The minimum absolute atomic E-state index is 0.383. The van der Waals surface area contributed by atoms with E-state index in [0.29, 0.717) is 12.0 Å². The molecule has 22 heavy (non-hydrogen) atoms. The SMILES string of the molecule is CN=C(NCc1ccc(-n2cccn2)cc1)NC(C)C(C)C. The second-order valence-electron chi connectivity index (χ2n) is 5.72. The summed E-state index contributed by atoms with van der Waals surface area (Å²) in [6, 6.07) is 10.6. The number of hydrogen-bond donors (Lipinski definition) is 2. The smallest absolute Gasteiger partial charge is 0.191 e. The Morgan fingerprint density at radius 1 is 1.23 bits per heavy atom. The van der Waals surface area contributed by atoms with Gasteiger partial charge in [-0.15, -0.1) is 0 Å². The highest BCUT2D eigenvalue weighted by Gasteiger charge is 2.08. The van der Waals surface area contributed by atoms with Gasteiger partial charge in [0.05, 0.1) is 5.69 Å². The molecule has 0 bridgehead atoms. The number of rotatable bonds is 5. The van der Waals surface area contributed by atoms with Crippen LogP contribution >= 0.6 is 0 Å². The Morgan fingerprint density at radius 3 is 2.50 bits per heavy atom. The quantitative estimate of drug-likeness (QED) is 0.659. The van der Waals surface area contributed by atoms with Crippen molar-refractivity contribution in [1.29, 1.82) is 0 Å². The van der Waals surface area contributed by atoms with Crippen molar-refractivity contribution in [2.24, 2.45) is 10.9 Å². The predicted octanol–water partition coefficient (Wildman–Crippen LogP) is 2.58. The third-order valence-electron chi connectivity index (χ3n) is 3.75. The van der Waals surface area contributed by atoms with Crippen LogP contribution < -0.4 is 10.6 Å². The molecule has 0 fully saturated rings. The van der Waals surface area contributed by atoms with E-state index in [4.69, 9.17) is 0 Å². The van der Waals surface area contributed by atoms with Crippen LogP contribution in [0.2, 0.25) is 0 Å². The molecule has 1 heterocycles. The molecule has 0 saturated heterocycles. The van der Waals surface area contributed by atoms with Crippen molar-refractivity contribution < 1.29 is 0 Å². The van der Waals surface area contributed by atoms with Crippen molar-refractivity contribution in [3.8, 4) is 5.69 Å². The van der Waals surface area contributed by atoms with Gasteiger partial charge in [0.2, 0.25) is 0 Å². The molecule has 0 saturated carbocycles. The molecule has 0 aliphatic heterocycles. The highest BCUT2D eigenvalue weighted by atomic mass is 15.3. The van der Waals surface area contributed by atoms with E-state index in [2.05, 4.69) is 65.8 Å². The minimum atomic E-state index is 0.383. The summed E-state index contributed by atoms with van der Waals surface area (Å²) in [6.45, 7) is 7.29. The first-order valence-corrected chi connectivity index (χ1v) is 7.66. The van der Waals surface area contributed by atoms with E-state index >= 15 is 0 Å². The monoisotopic (exact) mass is 299 g/mol. The summed E-state index contributed by atoms with van der Waals surface area (Å²) >= 11 is 0. The van der Waals surface area contributed by atoms with Gasteiger partial charge >= 0.3 is 0 Å². The first kappa shape index (κ1) is 16.1. The maximum atomic E-state index is 4.26. The maximum absolute atomic E-state index is 4.26. The van der Waals surface area contributed by atoms with Crippen LogP contribution in [-0.2, 0) is 6.54 Å². The summed E-state index contributed by atoms with van der Waals surface area (Å²) in [7, 11) is 1.79. The molecule has 2 rings (SSSR count). The largest absolute Gasteiger partial charge is 0.354 e. The summed E-state index contributed by atoms with van der Waals surface area (Å²) in [5.74, 6) is 1.39. The molecule has 5 nitrogen and oxygen atoms in total. The van der Waals surface area contributed by atoms with Crippen LogP contribution in [0.15, 0.2) is 47.7 Å². The molecule has 0 radical (unpaired) electrons. The molecular weight excluding hydrogens is 274 g/mol. The highest BCUT2D eigenvalue weighted by molar-refractivity contribution is 5.79. The topological polar surface area (TPSA) is 54.2 Å². The van der Waals surface area contributed by atoms with E-state index in [1.807, 2.05) is 16.9 Å². The molecule has 1 aromatic carbocycles. The fourth-order valence-corrected chi connectivity index (χ4v) is 1.95.